The van der Waals surface area contributed by atoms with Crippen LogP contribution in [-0.4, -0.2) is 46.0 Å². The van der Waals surface area contributed by atoms with Crippen molar-refractivity contribution in [2.24, 2.45) is 0 Å². The van der Waals surface area contributed by atoms with Crippen LogP contribution in [0.3, 0.4) is 0 Å². The van der Waals surface area contributed by atoms with Crippen LogP contribution in [0.1, 0.15) is 0 Å². The summed E-state index contributed by atoms with van der Waals surface area (Å²) in [7, 11) is 3.07. The molecule has 0 spiro atoms. The summed E-state index contributed by atoms with van der Waals surface area (Å²) in [6, 6.07) is 9.46. The zero-order valence-electron chi connectivity index (χ0n) is 15.5. The third-order valence-electron chi connectivity index (χ3n) is 4.12. The minimum absolute atomic E-state index is 0.0849. The summed E-state index contributed by atoms with van der Waals surface area (Å²) in [4.78, 5) is 19.7. The predicted octanol–water partition coefficient (Wildman–Crippen LogP) is 3.39. The number of hydrogen-bond acceptors (Lipinski definition) is 7. The molecule has 4 rings (SSSR count). The lowest BCUT2D eigenvalue weighted by atomic mass is 10.2. The van der Waals surface area contributed by atoms with Crippen molar-refractivity contribution in [1.29, 1.82) is 0 Å². The highest BCUT2D eigenvalue weighted by Gasteiger charge is 2.12. The predicted molar refractivity (Wildman–Crippen MR) is 108 cm³/mol. The zero-order valence-corrected chi connectivity index (χ0v) is 16.3. The largest absolute Gasteiger partial charge is 0.497 e. The average molecular weight is 413 g/mol. The number of rotatable bonds is 6. The summed E-state index contributed by atoms with van der Waals surface area (Å²) in [6.45, 7) is 0. The van der Waals surface area contributed by atoms with Crippen LogP contribution >= 0.6 is 11.8 Å². The number of thioether (sulfide) groups is 1. The number of carbonyl (C=O) groups excluding carboxylic acids is 1. The van der Waals surface area contributed by atoms with Crippen molar-refractivity contribution >= 4 is 45.4 Å². The highest BCUT2D eigenvalue weighted by Crippen LogP contribution is 2.27. The number of ether oxygens (including phenoxy) is 2. The van der Waals surface area contributed by atoms with Crippen molar-refractivity contribution in [3.63, 3.8) is 0 Å². The summed E-state index contributed by atoms with van der Waals surface area (Å²) in [5, 5.41) is 11.9. The second-order valence-electron chi connectivity index (χ2n) is 6.04. The molecule has 8 nitrogen and oxygen atoms in total. The van der Waals surface area contributed by atoms with Gasteiger partial charge in [-0.3, -0.25) is 4.79 Å². The van der Waals surface area contributed by atoms with E-state index < -0.39 is 0 Å². The molecule has 0 fully saturated rings. The molecule has 2 heterocycles. The molecule has 0 radical (unpaired) electrons. The van der Waals surface area contributed by atoms with E-state index in [0.717, 1.165) is 17.3 Å². The lowest BCUT2D eigenvalue weighted by molar-refractivity contribution is -0.113. The Kier molecular flexibility index (Phi) is 5.17. The fraction of sp³-hybridized carbons (Fsp3) is 0.158. The first-order valence-electron chi connectivity index (χ1n) is 8.53. The van der Waals surface area contributed by atoms with Gasteiger partial charge in [-0.2, -0.15) is 0 Å². The number of H-pyrrole nitrogens is 1. The molecule has 1 amide bonds. The second-order valence-corrected chi connectivity index (χ2v) is 6.99. The van der Waals surface area contributed by atoms with Crippen LogP contribution < -0.4 is 14.8 Å². The molecule has 0 unspecified atom stereocenters. The third-order valence-corrected chi connectivity index (χ3v) is 4.96. The zero-order chi connectivity index (χ0) is 20.4. The fourth-order valence-electron chi connectivity index (χ4n) is 2.80. The monoisotopic (exact) mass is 413 g/mol. The van der Waals surface area contributed by atoms with Gasteiger partial charge in [0.2, 0.25) is 11.1 Å². The number of amides is 1. The van der Waals surface area contributed by atoms with Crippen molar-refractivity contribution in [2.45, 2.75) is 5.16 Å². The van der Waals surface area contributed by atoms with E-state index in [0.29, 0.717) is 38.9 Å². The number of carbonyl (C=O) groups is 1. The first kappa shape index (κ1) is 18.9. The molecule has 0 bridgehead atoms. The number of halogens is 1. The molecule has 0 saturated carbocycles. The number of anilines is 1. The third kappa shape index (κ3) is 4.06. The van der Waals surface area contributed by atoms with Gasteiger partial charge in [-0.25, -0.2) is 9.37 Å². The van der Waals surface area contributed by atoms with Gasteiger partial charge in [0.05, 0.1) is 20.0 Å². The van der Waals surface area contributed by atoms with E-state index in [-0.39, 0.29) is 17.5 Å². The fourth-order valence-corrected chi connectivity index (χ4v) is 3.38. The second kappa shape index (κ2) is 7.92. The van der Waals surface area contributed by atoms with E-state index in [9.17, 15) is 9.18 Å². The Hall–Kier alpha value is -3.40. The summed E-state index contributed by atoms with van der Waals surface area (Å²) in [5.74, 6) is 0.625. The number of methoxy groups -OCH3 is 2. The Bertz CT molecular complexity index is 1190. The Balaban J connectivity index is 1.46. The van der Waals surface area contributed by atoms with Gasteiger partial charge in [0.1, 0.15) is 22.8 Å². The number of nitrogens with zero attached hydrogens (tertiary/aromatic N) is 3. The minimum Gasteiger partial charge on any atom is -0.497 e. The first-order chi connectivity index (χ1) is 14.1. The van der Waals surface area contributed by atoms with Gasteiger partial charge in [-0.1, -0.05) is 11.8 Å². The molecular weight excluding hydrogens is 397 g/mol. The Morgan fingerprint density at radius 3 is 2.62 bits per heavy atom. The average Bonchev–Trinajstić information content (AvgIpc) is 3.08. The van der Waals surface area contributed by atoms with Gasteiger partial charge >= 0.3 is 0 Å². The van der Waals surface area contributed by atoms with Crippen molar-refractivity contribution in [2.75, 3.05) is 25.3 Å². The smallest absolute Gasteiger partial charge is 0.234 e. The van der Waals surface area contributed by atoms with Crippen LogP contribution in [0.5, 0.6) is 11.5 Å². The van der Waals surface area contributed by atoms with E-state index in [4.69, 9.17) is 9.47 Å². The van der Waals surface area contributed by atoms with E-state index in [1.54, 1.807) is 24.3 Å². The van der Waals surface area contributed by atoms with Gasteiger partial charge in [0.25, 0.3) is 0 Å². The molecular formula is C19H16FN5O3S. The maximum Gasteiger partial charge on any atom is 0.234 e. The van der Waals surface area contributed by atoms with Gasteiger partial charge in [-0.15, -0.1) is 10.2 Å². The van der Waals surface area contributed by atoms with Gasteiger partial charge in [-0.05, 0) is 18.2 Å². The quantitative estimate of drug-likeness (QED) is 0.467. The topological polar surface area (TPSA) is 102 Å². The molecule has 10 heteroatoms. The van der Waals surface area contributed by atoms with Crippen LogP contribution in [0.2, 0.25) is 0 Å². The number of nitrogens with one attached hydrogen (secondary N) is 2. The van der Waals surface area contributed by atoms with Gasteiger partial charge in [0.15, 0.2) is 5.65 Å². The van der Waals surface area contributed by atoms with Crippen LogP contribution in [-0.2, 0) is 4.79 Å². The van der Waals surface area contributed by atoms with E-state index in [1.807, 2.05) is 0 Å². The molecule has 148 valence electrons. The molecule has 2 N–H and O–H groups in total. The SMILES string of the molecule is COc1cc(NC(=O)CSc2nnc3c(n2)[nH]c2ccc(F)cc23)cc(OC)c1. The van der Waals surface area contributed by atoms with Gasteiger partial charge in [0, 0.05) is 34.8 Å². The molecule has 2 aromatic heterocycles. The molecule has 0 atom stereocenters. The molecule has 4 aromatic rings. The molecule has 0 aliphatic rings. The summed E-state index contributed by atoms with van der Waals surface area (Å²) >= 11 is 1.14. The molecule has 0 saturated heterocycles. The number of fused-ring (bicyclic) bond motifs is 3. The van der Waals surface area contributed by atoms with Crippen molar-refractivity contribution in [3.8, 4) is 11.5 Å². The molecule has 0 aliphatic heterocycles. The Morgan fingerprint density at radius 2 is 1.90 bits per heavy atom. The van der Waals surface area contributed by atoms with Crippen molar-refractivity contribution in [1.82, 2.24) is 20.2 Å². The van der Waals surface area contributed by atoms with E-state index in [2.05, 4.69) is 25.5 Å². The number of hydrogen-bond donors (Lipinski definition) is 2. The van der Waals surface area contributed by atoms with Gasteiger partial charge < -0.3 is 19.8 Å². The van der Waals surface area contributed by atoms with E-state index in [1.165, 1.54) is 26.4 Å². The van der Waals surface area contributed by atoms with Crippen LogP contribution in [0.15, 0.2) is 41.6 Å². The lowest BCUT2D eigenvalue weighted by Gasteiger charge is -2.09. The number of benzene rings is 2. The molecule has 2 aromatic carbocycles. The van der Waals surface area contributed by atoms with E-state index >= 15 is 0 Å². The van der Waals surface area contributed by atoms with Crippen molar-refractivity contribution in [3.05, 3.63) is 42.2 Å². The Morgan fingerprint density at radius 1 is 1.14 bits per heavy atom. The number of aromatic nitrogens is 4. The number of aromatic amines is 1. The minimum atomic E-state index is -0.357. The standard InChI is InChI=1S/C19H16FN5O3S/c1-27-12-6-11(7-13(8-12)28-2)21-16(26)9-29-19-23-18-17(24-25-19)14-5-10(20)3-4-15(14)22-18/h3-8H,9H2,1-2H3,(H,21,26)(H,22,23,25). The first-order valence-corrected chi connectivity index (χ1v) is 9.51. The van der Waals surface area contributed by atoms with Crippen LogP contribution in [0, 0.1) is 5.82 Å². The highest BCUT2D eigenvalue weighted by atomic mass is 32.2. The molecule has 0 aliphatic carbocycles. The maximum atomic E-state index is 13.5. The Labute approximate surface area is 168 Å². The summed E-state index contributed by atoms with van der Waals surface area (Å²) < 4.78 is 23.8. The maximum absolute atomic E-state index is 13.5. The summed E-state index contributed by atoms with van der Waals surface area (Å²) in [5.41, 5.74) is 2.24. The van der Waals surface area contributed by atoms with Crippen LogP contribution in [0.25, 0.3) is 22.1 Å². The highest BCUT2D eigenvalue weighted by molar-refractivity contribution is 7.99. The summed E-state index contributed by atoms with van der Waals surface area (Å²) in [6.07, 6.45) is 0. The van der Waals surface area contributed by atoms with Crippen LogP contribution in [0.4, 0.5) is 10.1 Å². The molecule has 29 heavy (non-hydrogen) atoms. The lowest BCUT2D eigenvalue weighted by Crippen LogP contribution is -2.14. The normalized spacial score (nSPS) is 11.0. The van der Waals surface area contributed by atoms with Crippen molar-refractivity contribution < 1.29 is 18.7 Å².